The number of nitrogens with one attached hydrogen (secondary N) is 1. The van der Waals surface area contributed by atoms with Crippen LogP contribution in [0.3, 0.4) is 0 Å². The molecule has 0 saturated carbocycles. The van der Waals surface area contributed by atoms with Gasteiger partial charge in [-0.1, -0.05) is 24.1 Å². The van der Waals surface area contributed by atoms with E-state index in [1.165, 1.54) is 24.3 Å². The molecule has 8 rings (SSSR count). The van der Waals surface area contributed by atoms with E-state index in [0.29, 0.717) is 30.6 Å². The fourth-order valence-electron chi connectivity index (χ4n) is 8.15. The minimum absolute atomic E-state index is 0.0168. The summed E-state index contributed by atoms with van der Waals surface area (Å²) in [7, 11) is 0. The number of benzene rings is 3. The first-order chi connectivity index (χ1) is 22.8. The summed E-state index contributed by atoms with van der Waals surface area (Å²) in [4.78, 5) is 13.5. The van der Waals surface area contributed by atoms with Gasteiger partial charge in [-0.25, -0.2) is 17.6 Å². The van der Waals surface area contributed by atoms with Crippen molar-refractivity contribution in [1.82, 2.24) is 20.2 Å². The lowest BCUT2D eigenvalue weighted by molar-refractivity contribution is 0.0944. The quantitative estimate of drug-likeness (QED) is 0.116. The average Bonchev–Trinajstić information content (AvgIpc) is 3.73. The second-order valence-electron chi connectivity index (χ2n) is 12.9. The molecule has 4 aliphatic rings. The molecule has 0 radical (unpaired) electrons. The molecule has 0 spiro atoms. The predicted molar refractivity (Wildman–Crippen MR) is 174 cm³/mol. The van der Waals surface area contributed by atoms with Crippen LogP contribution in [0.1, 0.15) is 31.2 Å². The normalized spacial score (nSPS) is 25.3. The first kappa shape index (κ1) is 29.7. The van der Waals surface area contributed by atoms with Gasteiger partial charge in [-0.15, -0.1) is 6.42 Å². The molecular weight excluding hydrogens is 608 g/mol. The predicted octanol–water partition coefficient (Wildman–Crippen LogP) is 6.01. The van der Waals surface area contributed by atoms with Gasteiger partial charge in [0, 0.05) is 47.7 Å². The fourth-order valence-corrected chi connectivity index (χ4v) is 8.15. The molecule has 1 aromatic heterocycles. The van der Waals surface area contributed by atoms with Crippen molar-refractivity contribution in [1.29, 1.82) is 0 Å². The lowest BCUT2D eigenvalue weighted by atomic mass is 9.92. The van der Waals surface area contributed by atoms with Crippen LogP contribution >= 0.6 is 0 Å². The Morgan fingerprint density at radius 2 is 1.89 bits per heavy atom. The van der Waals surface area contributed by atoms with Gasteiger partial charge >= 0.3 is 6.01 Å². The molecule has 4 atom stereocenters. The highest BCUT2D eigenvalue weighted by atomic mass is 19.1. The molecule has 47 heavy (non-hydrogen) atoms. The summed E-state index contributed by atoms with van der Waals surface area (Å²) >= 11 is 0. The molecule has 2 bridgehead atoms. The van der Waals surface area contributed by atoms with Crippen molar-refractivity contribution in [2.45, 2.75) is 49.3 Å². The number of piperazine rings is 1. The van der Waals surface area contributed by atoms with E-state index in [9.17, 15) is 8.78 Å². The van der Waals surface area contributed by atoms with Gasteiger partial charge in [-0.3, -0.25) is 4.90 Å². The number of aromatic nitrogens is 2. The molecule has 240 valence electrons. The van der Waals surface area contributed by atoms with Gasteiger partial charge in [0.25, 0.3) is 0 Å². The lowest BCUT2D eigenvalue weighted by Gasteiger charge is -2.35. The molecule has 11 heteroatoms. The Bertz CT molecular complexity index is 2030. The van der Waals surface area contributed by atoms with E-state index in [-0.39, 0.29) is 69.4 Å². The van der Waals surface area contributed by atoms with Gasteiger partial charge in [-0.2, -0.15) is 9.97 Å². The third kappa shape index (κ3) is 4.81. The van der Waals surface area contributed by atoms with E-state index in [1.54, 1.807) is 12.1 Å². The number of anilines is 2. The summed E-state index contributed by atoms with van der Waals surface area (Å²) in [6.45, 7) is 2.13. The Labute approximate surface area is 269 Å². The number of ether oxygens (including phenoxy) is 1. The van der Waals surface area contributed by atoms with Crippen LogP contribution in [0.15, 0.2) is 54.9 Å². The van der Waals surface area contributed by atoms with Gasteiger partial charge in [0.1, 0.15) is 29.6 Å². The monoisotopic (exact) mass is 640 g/mol. The van der Waals surface area contributed by atoms with Crippen LogP contribution < -0.4 is 20.7 Å². The summed E-state index contributed by atoms with van der Waals surface area (Å²) in [5.41, 5.74) is 5.42. The van der Waals surface area contributed by atoms with E-state index in [4.69, 9.17) is 21.9 Å². The number of terminal acetylenes is 1. The van der Waals surface area contributed by atoms with Gasteiger partial charge < -0.3 is 20.7 Å². The topological polar surface area (TPSA) is 79.5 Å². The highest BCUT2D eigenvalue weighted by Gasteiger charge is 2.49. The number of nitrogens with zero attached hydrogens (tertiary/aromatic N) is 4. The second kappa shape index (κ2) is 11.2. The SMILES string of the molecule is C#Cc1c(F)ccc2cc(N)cc(-c3c(F)cc4c(N5CC6C=CC(C5)N6)nc(OCC56CCCN5C(/C=C\F)CC6)nc4c3F)c12. The van der Waals surface area contributed by atoms with Crippen LogP contribution in [0, 0.1) is 29.8 Å². The Morgan fingerprint density at radius 1 is 1.09 bits per heavy atom. The van der Waals surface area contributed by atoms with Crippen molar-refractivity contribution in [3.63, 3.8) is 0 Å². The maximum atomic E-state index is 16.9. The number of hydrogen-bond acceptors (Lipinski definition) is 7. The van der Waals surface area contributed by atoms with Crippen LogP contribution in [0.5, 0.6) is 6.01 Å². The number of nitrogens with two attached hydrogens (primary N) is 1. The second-order valence-corrected chi connectivity index (χ2v) is 12.9. The highest BCUT2D eigenvalue weighted by molar-refractivity contribution is 6.05. The standard InChI is InChI=1S/C36H32F4N6O/c1-2-25-28(38)7-4-20-14-21(41)15-26(30(20)25)31-29(39)16-27-33(32(31)40)43-35(44-34(27)45-17-22-5-6-23(18-45)42-22)47-19-36-10-3-13-46(36)24(8-11-36)9-12-37/h1,4-7,9,12,14-16,22-24,42H,3,8,10-11,13,17-19,41H2/b12-9-. The molecule has 3 aromatic carbocycles. The molecule has 3 N–H and O–H groups in total. The fraction of sp³-hybridized carbons (Fsp3) is 0.333. The number of hydrogen-bond donors (Lipinski definition) is 2. The summed E-state index contributed by atoms with van der Waals surface area (Å²) in [5, 5.41) is 4.28. The summed E-state index contributed by atoms with van der Waals surface area (Å²) < 4.78 is 67.5. The van der Waals surface area contributed by atoms with Crippen LogP contribution in [0.25, 0.3) is 32.8 Å². The van der Waals surface area contributed by atoms with Crippen molar-refractivity contribution in [2.24, 2.45) is 0 Å². The van der Waals surface area contributed by atoms with E-state index in [1.807, 2.05) is 4.90 Å². The van der Waals surface area contributed by atoms with E-state index in [2.05, 4.69) is 33.3 Å². The van der Waals surface area contributed by atoms with E-state index >= 15 is 8.78 Å². The van der Waals surface area contributed by atoms with Crippen LogP contribution in [0.4, 0.5) is 29.1 Å². The Hall–Kier alpha value is -4.66. The van der Waals surface area contributed by atoms with Gasteiger partial charge in [-0.05, 0) is 73.5 Å². The Balaban J connectivity index is 1.28. The maximum Gasteiger partial charge on any atom is 0.319 e. The zero-order chi connectivity index (χ0) is 32.4. The molecule has 3 saturated heterocycles. The van der Waals surface area contributed by atoms with Crippen LogP contribution in [0.2, 0.25) is 0 Å². The first-order valence-electron chi connectivity index (χ1n) is 15.8. The molecule has 7 nitrogen and oxygen atoms in total. The minimum atomic E-state index is -0.960. The van der Waals surface area contributed by atoms with Crippen molar-refractivity contribution in [3.05, 3.63) is 77.9 Å². The number of rotatable bonds is 6. The lowest BCUT2D eigenvalue weighted by Crippen LogP contribution is -2.52. The van der Waals surface area contributed by atoms with Crippen molar-refractivity contribution < 1.29 is 22.3 Å². The third-order valence-corrected chi connectivity index (χ3v) is 10.2. The first-order valence-corrected chi connectivity index (χ1v) is 15.8. The van der Waals surface area contributed by atoms with Gasteiger partial charge in [0.05, 0.1) is 23.0 Å². The van der Waals surface area contributed by atoms with E-state index < -0.39 is 23.0 Å². The van der Waals surface area contributed by atoms with Gasteiger partial charge in [0.15, 0.2) is 5.82 Å². The maximum absolute atomic E-state index is 16.9. The molecule has 3 fully saturated rings. The number of halogens is 4. The molecular formula is C36H32F4N6O. The van der Waals surface area contributed by atoms with Crippen LogP contribution in [-0.2, 0) is 0 Å². The summed E-state index contributed by atoms with van der Waals surface area (Å²) in [6, 6.07) is 6.93. The Kier molecular flexibility index (Phi) is 7.11. The highest BCUT2D eigenvalue weighted by Crippen LogP contribution is 2.44. The van der Waals surface area contributed by atoms with E-state index in [0.717, 1.165) is 32.2 Å². The molecule has 0 aliphatic carbocycles. The largest absolute Gasteiger partial charge is 0.461 e. The van der Waals surface area contributed by atoms with Gasteiger partial charge in [0.2, 0.25) is 0 Å². The van der Waals surface area contributed by atoms with Crippen LogP contribution in [-0.4, -0.2) is 64.8 Å². The summed E-state index contributed by atoms with van der Waals surface area (Å²) in [6.07, 6.45) is 15.4. The van der Waals surface area contributed by atoms with Crippen molar-refractivity contribution >= 4 is 33.2 Å². The Morgan fingerprint density at radius 3 is 2.66 bits per heavy atom. The minimum Gasteiger partial charge on any atom is -0.461 e. The number of fused-ring (bicyclic) bond motifs is 5. The molecule has 4 aromatic rings. The molecule has 0 amide bonds. The third-order valence-electron chi connectivity index (χ3n) is 10.2. The zero-order valence-electron chi connectivity index (χ0n) is 25.4. The van der Waals surface area contributed by atoms with Crippen molar-refractivity contribution in [2.75, 3.05) is 36.9 Å². The zero-order valence-corrected chi connectivity index (χ0v) is 25.4. The molecule has 5 heterocycles. The smallest absolute Gasteiger partial charge is 0.319 e. The summed E-state index contributed by atoms with van der Waals surface area (Å²) in [5.74, 6) is 0.157. The number of nitrogen functional groups attached to an aromatic ring is 1. The van der Waals surface area contributed by atoms with Crippen molar-refractivity contribution in [3.8, 4) is 29.5 Å². The molecule has 4 unspecified atom stereocenters. The average molecular weight is 641 g/mol. The molecule has 4 aliphatic heterocycles.